The Labute approximate surface area is 185 Å². The molecule has 0 unspecified atom stereocenters. The van der Waals surface area contributed by atoms with E-state index in [1.165, 1.54) is 11.6 Å². The predicted octanol–water partition coefficient (Wildman–Crippen LogP) is 5.37. The summed E-state index contributed by atoms with van der Waals surface area (Å²) in [6.07, 6.45) is 10.2. The number of rotatable bonds is 7. The van der Waals surface area contributed by atoms with Crippen molar-refractivity contribution < 1.29 is 14.7 Å². The zero-order valence-electron chi connectivity index (χ0n) is 19.0. The number of nitrogens with one attached hydrogen (secondary N) is 1. The van der Waals surface area contributed by atoms with Crippen LogP contribution in [-0.4, -0.2) is 35.2 Å². The number of ketones is 2. The lowest BCUT2D eigenvalue weighted by Crippen LogP contribution is -2.51. The van der Waals surface area contributed by atoms with E-state index in [4.69, 9.17) is 0 Å². The van der Waals surface area contributed by atoms with Crippen LogP contribution in [0.5, 0.6) is 0 Å². The Bertz CT molecular complexity index is 798. The Kier molecular flexibility index (Phi) is 6.91. The van der Waals surface area contributed by atoms with Crippen LogP contribution >= 0.6 is 11.8 Å². The first-order valence-electron chi connectivity index (χ1n) is 11.3. The van der Waals surface area contributed by atoms with Gasteiger partial charge in [-0.2, -0.15) is 11.8 Å². The van der Waals surface area contributed by atoms with Gasteiger partial charge in [-0.1, -0.05) is 32.9 Å². The van der Waals surface area contributed by atoms with E-state index in [0.717, 1.165) is 44.3 Å². The van der Waals surface area contributed by atoms with Crippen molar-refractivity contribution in [3.05, 3.63) is 35.3 Å². The fourth-order valence-corrected chi connectivity index (χ4v) is 6.50. The van der Waals surface area contributed by atoms with E-state index >= 15 is 0 Å². The minimum Gasteiger partial charge on any atom is -0.505 e. The Hall–Kier alpha value is -1.49. The van der Waals surface area contributed by atoms with Crippen LogP contribution in [0.15, 0.2) is 35.3 Å². The monoisotopic (exact) mass is 431 g/mol. The number of aliphatic hydroxyl groups excluding tert-OH is 1. The Balaban J connectivity index is 1.91. The van der Waals surface area contributed by atoms with Gasteiger partial charge >= 0.3 is 0 Å². The van der Waals surface area contributed by atoms with Gasteiger partial charge in [-0.25, -0.2) is 0 Å². The van der Waals surface area contributed by atoms with Gasteiger partial charge in [-0.3, -0.25) is 9.59 Å². The lowest BCUT2D eigenvalue weighted by atomic mass is 9.46. The lowest BCUT2D eigenvalue weighted by Gasteiger charge is -2.59. The first kappa shape index (κ1) is 23.2. The molecular formula is C25H37NO3S. The molecule has 166 valence electrons. The van der Waals surface area contributed by atoms with E-state index in [1.54, 1.807) is 11.8 Å². The van der Waals surface area contributed by atoms with Gasteiger partial charge in [0.1, 0.15) is 5.76 Å². The molecule has 0 aromatic carbocycles. The highest BCUT2D eigenvalue weighted by atomic mass is 32.2. The van der Waals surface area contributed by atoms with Crippen LogP contribution in [0.2, 0.25) is 0 Å². The molecular weight excluding hydrogens is 394 g/mol. The summed E-state index contributed by atoms with van der Waals surface area (Å²) < 4.78 is 0. The SMILES string of the molecule is C=C1CCC[C@H]2[C@](C)(CC3=C(O)C(NCCCSC)=CC(=O)C3=O)[C@@H](C)CC[C@]12C. The van der Waals surface area contributed by atoms with Crippen LogP contribution in [0, 0.1) is 22.7 Å². The minimum absolute atomic E-state index is 0.0286. The van der Waals surface area contributed by atoms with Crippen molar-refractivity contribution in [3.8, 4) is 0 Å². The fraction of sp³-hybridized carbons (Fsp3) is 0.680. The topological polar surface area (TPSA) is 66.4 Å². The van der Waals surface area contributed by atoms with Crippen molar-refractivity contribution in [2.75, 3.05) is 18.6 Å². The number of thioether (sulfide) groups is 1. The number of allylic oxidation sites excluding steroid dienone is 3. The second kappa shape index (κ2) is 8.94. The van der Waals surface area contributed by atoms with Crippen LogP contribution < -0.4 is 5.32 Å². The standard InChI is InChI=1S/C25H37NO3S/c1-16-8-6-9-21-24(16,3)11-10-17(2)25(21,4)15-18-22(28)19(14-20(27)23(18)29)26-12-7-13-30-5/h14,17,21,26,28H,1,6-13,15H2,2-5H3/t17-,21+,24+,25+/m0/s1. The molecule has 0 radical (unpaired) electrons. The molecule has 5 heteroatoms. The van der Waals surface area contributed by atoms with Gasteiger partial charge in [0.25, 0.3) is 0 Å². The largest absolute Gasteiger partial charge is 0.505 e. The average molecular weight is 432 g/mol. The maximum absolute atomic E-state index is 12.8. The number of hydrogen-bond acceptors (Lipinski definition) is 5. The molecule has 0 aromatic rings. The maximum Gasteiger partial charge on any atom is 0.232 e. The third kappa shape index (κ3) is 4.02. The van der Waals surface area contributed by atoms with Crippen molar-refractivity contribution in [1.29, 1.82) is 0 Å². The lowest BCUT2D eigenvalue weighted by molar-refractivity contribution is -0.132. The van der Waals surface area contributed by atoms with Crippen molar-refractivity contribution in [2.24, 2.45) is 22.7 Å². The van der Waals surface area contributed by atoms with Gasteiger partial charge in [0.05, 0.1) is 5.70 Å². The summed E-state index contributed by atoms with van der Waals surface area (Å²) in [6, 6.07) is 0. The van der Waals surface area contributed by atoms with Crippen LogP contribution in [0.4, 0.5) is 0 Å². The Morgan fingerprint density at radius 2 is 2.03 bits per heavy atom. The molecule has 0 amide bonds. The number of Topliss-reactive ketones (excluding diaryl/α,β-unsaturated/α-hetero) is 1. The summed E-state index contributed by atoms with van der Waals surface area (Å²) in [5, 5.41) is 14.1. The average Bonchev–Trinajstić information content (AvgIpc) is 2.71. The molecule has 3 aliphatic rings. The summed E-state index contributed by atoms with van der Waals surface area (Å²) in [4.78, 5) is 25.3. The normalized spacial score (nSPS) is 34.7. The minimum atomic E-state index is -0.544. The molecule has 2 fully saturated rings. The molecule has 0 bridgehead atoms. The maximum atomic E-state index is 12.8. The number of carbonyl (C=O) groups is 2. The van der Waals surface area contributed by atoms with E-state index in [1.807, 2.05) is 0 Å². The summed E-state index contributed by atoms with van der Waals surface area (Å²) >= 11 is 1.76. The van der Waals surface area contributed by atoms with Gasteiger partial charge in [0.15, 0.2) is 0 Å². The molecule has 30 heavy (non-hydrogen) atoms. The number of hydrogen-bond donors (Lipinski definition) is 2. The van der Waals surface area contributed by atoms with Gasteiger partial charge < -0.3 is 10.4 Å². The van der Waals surface area contributed by atoms with Gasteiger partial charge in [0.2, 0.25) is 11.6 Å². The molecule has 3 rings (SSSR count). The smallest absolute Gasteiger partial charge is 0.232 e. The first-order chi connectivity index (χ1) is 14.1. The van der Waals surface area contributed by atoms with Crippen LogP contribution in [0.3, 0.4) is 0 Å². The zero-order valence-corrected chi connectivity index (χ0v) is 19.8. The molecule has 0 saturated heterocycles. The van der Waals surface area contributed by atoms with E-state index in [0.29, 0.717) is 36.1 Å². The molecule has 2 saturated carbocycles. The van der Waals surface area contributed by atoms with Crippen molar-refractivity contribution >= 4 is 23.3 Å². The van der Waals surface area contributed by atoms with Crippen molar-refractivity contribution in [3.63, 3.8) is 0 Å². The van der Waals surface area contributed by atoms with E-state index < -0.39 is 11.6 Å². The van der Waals surface area contributed by atoms with Crippen LogP contribution in [-0.2, 0) is 9.59 Å². The predicted molar refractivity (Wildman–Crippen MR) is 124 cm³/mol. The molecule has 3 aliphatic carbocycles. The summed E-state index contributed by atoms with van der Waals surface area (Å²) in [7, 11) is 0. The fourth-order valence-electron chi connectivity index (χ4n) is 6.07. The third-order valence-electron chi connectivity index (χ3n) is 8.28. The van der Waals surface area contributed by atoms with Crippen molar-refractivity contribution in [2.45, 2.75) is 65.7 Å². The zero-order chi connectivity index (χ0) is 22.1. The van der Waals surface area contributed by atoms with Crippen LogP contribution in [0.1, 0.15) is 65.7 Å². The molecule has 0 heterocycles. The molecule has 0 spiro atoms. The highest BCUT2D eigenvalue weighted by Gasteiger charge is 2.54. The molecule has 0 aliphatic heterocycles. The molecule has 0 aromatic heterocycles. The Morgan fingerprint density at radius 1 is 1.30 bits per heavy atom. The second-order valence-electron chi connectivity index (χ2n) is 9.94. The van der Waals surface area contributed by atoms with Crippen molar-refractivity contribution in [1.82, 2.24) is 5.32 Å². The second-order valence-corrected chi connectivity index (χ2v) is 10.9. The third-order valence-corrected chi connectivity index (χ3v) is 8.98. The van der Waals surface area contributed by atoms with Crippen LogP contribution in [0.25, 0.3) is 0 Å². The first-order valence-corrected chi connectivity index (χ1v) is 12.7. The highest BCUT2D eigenvalue weighted by Crippen LogP contribution is 2.63. The Morgan fingerprint density at radius 3 is 2.73 bits per heavy atom. The van der Waals surface area contributed by atoms with E-state index in [-0.39, 0.29) is 16.6 Å². The van der Waals surface area contributed by atoms with Gasteiger partial charge in [-0.15, -0.1) is 0 Å². The van der Waals surface area contributed by atoms with E-state index in [2.05, 4.69) is 38.9 Å². The highest BCUT2D eigenvalue weighted by molar-refractivity contribution is 7.98. The number of aliphatic hydroxyl groups is 1. The number of carbonyl (C=O) groups excluding carboxylic acids is 2. The summed E-state index contributed by atoms with van der Waals surface area (Å²) in [5.74, 6) is 0.717. The number of fused-ring (bicyclic) bond motifs is 1. The van der Waals surface area contributed by atoms with Gasteiger partial charge in [0, 0.05) is 18.2 Å². The van der Waals surface area contributed by atoms with E-state index in [9.17, 15) is 14.7 Å². The molecule has 2 N–H and O–H groups in total. The molecule has 4 nitrogen and oxygen atoms in total. The molecule has 4 atom stereocenters. The summed E-state index contributed by atoms with van der Waals surface area (Å²) in [5.41, 5.74) is 1.95. The quantitative estimate of drug-likeness (QED) is 0.246. The summed E-state index contributed by atoms with van der Waals surface area (Å²) in [6.45, 7) is 11.9. The van der Waals surface area contributed by atoms with Gasteiger partial charge in [-0.05, 0) is 79.6 Å².